The second-order valence-corrected chi connectivity index (χ2v) is 14.3. The number of carboxylic acids is 1. The van der Waals surface area contributed by atoms with Crippen LogP contribution in [0.3, 0.4) is 0 Å². The lowest BCUT2D eigenvalue weighted by atomic mass is 10.00. The van der Waals surface area contributed by atoms with Crippen molar-refractivity contribution in [3.63, 3.8) is 0 Å². The molecule has 0 aliphatic carbocycles. The number of fused-ring (bicyclic) bond motifs is 1. The zero-order valence-corrected chi connectivity index (χ0v) is 32.6. The van der Waals surface area contributed by atoms with Crippen molar-refractivity contribution in [2.75, 3.05) is 36.4 Å². The molecule has 2 unspecified atom stereocenters. The van der Waals surface area contributed by atoms with Crippen LogP contribution in [-0.4, -0.2) is 70.0 Å². The number of carbonyl (C=O) groups is 4. The lowest BCUT2D eigenvalue weighted by molar-refractivity contribution is -0.117. The average Bonchev–Trinajstić information content (AvgIpc) is 3.71. The van der Waals surface area contributed by atoms with Crippen molar-refractivity contribution in [1.82, 2.24) is 19.9 Å². The normalized spacial score (nSPS) is 13.9. The number of hydrogen-bond donors (Lipinski definition) is 3. The van der Waals surface area contributed by atoms with Crippen LogP contribution in [0.25, 0.3) is 10.9 Å². The number of halogens is 1. The summed E-state index contributed by atoms with van der Waals surface area (Å²) in [5.41, 5.74) is 1.97. The molecule has 5 aromatic rings. The van der Waals surface area contributed by atoms with E-state index in [4.69, 9.17) is 14.0 Å². The van der Waals surface area contributed by atoms with Crippen molar-refractivity contribution in [1.29, 1.82) is 0 Å². The smallest absolute Gasteiger partial charge is 0.410 e. The molecule has 1 aliphatic heterocycles. The Labute approximate surface area is 333 Å². The summed E-state index contributed by atoms with van der Waals surface area (Å²) in [6, 6.07) is 19.9. The Morgan fingerprint density at radius 1 is 0.914 bits per heavy atom. The molecule has 3 heterocycles. The Bertz CT molecular complexity index is 2340. The predicted octanol–water partition coefficient (Wildman–Crippen LogP) is 6.67. The molecule has 1 saturated heterocycles. The molecule has 0 bridgehead atoms. The number of alkyl carbamates (subject to hydrolysis) is 1. The first kappa shape index (κ1) is 40.9. The molecule has 16 heteroatoms. The Kier molecular flexibility index (Phi) is 12.7. The van der Waals surface area contributed by atoms with Gasteiger partial charge in [0.1, 0.15) is 24.6 Å². The Balaban J connectivity index is 0.975. The summed E-state index contributed by atoms with van der Waals surface area (Å²) in [4.78, 5) is 66.2. The third-order valence-electron chi connectivity index (χ3n) is 10.0. The number of nitrogens with one attached hydrogen (secondary N) is 2. The fourth-order valence-corrected chi connectivity index (χ4v) is 6.60. The highest BCUT2D eigenvalue weighted by molar-refractivity contribution is 5.95. The lowest BCUT2D eigenvalue weighted by Gasteiger charge is -2.35. The number of ether oxygens (including phenoxy) is 2. The summed E-state index contributed by atoms with van der Waals surface area (Å²) in [6.07, 6.45) is 0.130. The number of nitrogens with zero attached hydrogens (tertiary/aromatic N) is 4. The van der Waals surface area contributed by atoms with Gasteiger partial charge in [0.05, 0.1) is 28.9 Å². The van der Waals surface area contributed by atoms with Crippen molar-refractivity contribution < 1.29 is 42.7 Å². The van der Waals surface area contributed by atoms with Crippen LogP contribution in [-0.2, 0) is 34.0 Å². The van der Waals surface area contributed by atoms with Crippen LogP contribution in [0.5, 0.6) is 0 Å². The topological polar surface area (TPSA) is 186 Å². The maximum absolute atomic E-state index is 15.3. The molecule has 3 amide bonds. The first-order chi connectivity index (χ1) is 27.8. The van der Waals surface area contributed by atoms with Crippen LogP contribution in [0, 0.1) is 11.7 Å². The first-order valence-corrected chi connectivity index (χ1v) is 18.9. The van der Waals surface area contributed by atoms with Gasteiger partial charge in [0.2, 0.25) is 11.3 Å². The number of anilines is 2. The van der Waals surface area contributed by atoms with Crippen molar-refractivity contribution in [3.05, 3.63) is 123 Å². The van der Waals surface area contributed by atoms with E-state index < -0.39 is 46.9 Å². The number of carboxylic acid groups (broad SMARTS) is 1. The van der Waals surface area contributed by atoms with E-state index in [0.717, 1.165) is 11.6 Å². The van der Waals surface area contributed by atoms with Crippen molar-refractivity contribution in [2.24, 2.45) is 5.92 Å². The van der Waals surface area contributed by atoms with Gasteiger partial charge in [-0.2, -0.15) is 0 Å². The lowest BCUT2D eigenvalue weighted by Crippen LogP contribution is -2.49. The van der Waals surface area contributed by atoms with E-state index in [1.807, 2.05) is 44.2 Å². The molecule has 304 valence electrons. The fraction of sp³-hybridized carbons (Fsp3) is 0.333. The van der Waals surface area contributed by atoms with Gasteiger partial charge in [-0.15, -0.1) is 0 Å². The number of aromatic carboxylic acids is 1. The minimum Gasteiger partial charge on any atom is -0.477 e. The van der Waals surface area contributed by atoms with E-state index in [9.17, 15) is 29.1 Å². The largest absolute Gasteiger partial charge is 0.477 e. The van der Waals surface area contributed by atoms with Crippen molar-refractivity contribution in [3.8, 4) is 0 Å². The van der Waals surface area contributed by atoms with Crippen LogP contribution in [0.1, 0.15) is 72.6 Å². The van der Waals surface area contributed by atoms with E-state index in [0.29, 0.717) is 47.9 Å². The van der Waals surface area contributed by atoms with Gasteiger partial charge in [-0.1, -0.05) is 61.5 Å². The van der Waals surface area contributed by atoms with Crippen LogP contribution in [0.4, 0.5) is 25.4 Å². The minimum absolute atomic E-state index is 0.0115. The average molecular weight is 797 g/mol. The third kappa shape index (κ3) is 9.45. The maximum atomic E-state index is 15.3. The summed E-state index contributed by atoms with van der Waals surface area (Å²) in [5.74, 6) is -2.71. The molecule has 58 heavy (non-hydrogen) atoms. The number of aryl methyl sites for hydroxylation is 1. The highest BCUT2D eigenvalue weighted by atomic mass is 19.1. The van der Waals surface area contributed by atoms with Gasteiger partial charge in [0, 0.05) is 56.1 Å². The molecule has 0 radical (unpaired) electrons. The van der Waals surface area contributed by atoms with Gasteiger partial charge in [-0.05, 0) is 55.2 Å². The zero-order chi connectivity index (χ0) is 41.5. The number of piperazine rings is 1. The highest BCUT2D eigenvalue weighted by Crippen LogP contribution is 2.28. The van der Waals surface area contributed by atoms with Crippen LogP contribution >= 0.6 is 0 Å². The second-order valence-electron chi connectivity index (χ2n) is 14.3. The van der Waals surface area contributed by atoms with E-state index in [1.165, 1.54) is 11.1 Å². The summed E-state index contributed by atoms with van der Waals surface area (Å²) < 4.78 is 33.4. The van der Waals surface area contributed by atoms with Gasteiger partial charge in [-0.25, -0.2) is 18.8 Å². The standard InChI is InChI=1S/C42H45FN6O9/c1-5-47-22-31(40(52)53)38(50)30-19-32(43)35(21-34(30)47)48-15-17-49(18-16-48)42(55)57-24-28-11-13-29(14-12-28)44-39(51)26(4)33-20-36(58-46-33)37(25(2)3)45-41(54)56-23-27-9-7-6-8-10-27/h6-14,19-22,25-26,37H,5,15-18,23-24H2,1-4H3,(H,44,51)(H,45,54)(H,52,53). The number of rotatable bonds is 13. The summed E-state index contributed by atoms with van der Waals surface area (Å²) in [7, 11) is 0. The molecular weight excluding hydrogens is 751 g/mol. The van der Waals surface area contributed by atoms with E-state index in [-0.39, 0.29) is 49.2 Å². The molecule has 0 spiro atoms. The maximum Gasteiger partial charge on any atom is 0.410 e. The van der Waals surface area contributed by atoms with Crippen LogP contribution in [0.15, 0.2) is 88.3 Å². The van der Waals surface area contributed by atoms with E-state index in [2.05, 4.69) is 15.8 Å². The molecule has 1 fully saturated rings. The number of amides is 3. The number of pyridine rings is 1. The van der Waals surface area contributed by atoms with Crippen LogP contribution < -0.4 is 21.0 Å². The number of carbonyl (C=O) groups excluding carboxylic acids is 3. The van der Waals surface area contributed by atoms with Gasteiger partial charge >= 0.3 is 18.2 Å². The van der Waals surface area contributed by atoms with Gasteiger partial charge < -0.3 is 44.1 Å². The quantitative estimate of drug-likeness (QED) is 0.116. The molecule has 6 rings (SSSR count). The van der Waals surface area contributed by atoms with E-state index in [1.54, 1.807) is 59.7 Å². The molecular formula is C42H45FN6O9. The molecule has 2 aromatic heterocycles. The third-order valence-corrected chi connectivity index (χ3v) is 10.0. The summed E-state index contributed by atoms with van der Waals surface area (Å²) in [6.45, 7) is 8.95. The SMILES string of the molecule is CCn1cc(C(=O)O)c(=O)c2cc(F)c(N3CCN(C(=O)OCc4ccc(NC(=O)C(C)c5cc(C(NC(=O)OCc6ccccc6)C(C)C)on5)cc4)CC3)cc21. The highest BCUT2D eigenvalue weighted by Gasteiger charge is 2.28. The Hall–Kier alpha value is -6.71. The fourth-order valence-electron chi connectivity index (χ4n) is 6.60. The van der Waals surface area contributed by atoms with Gasteiger partial charge in [0.25, 0.3) is 0 Å². The molecule has 3 aromatic carbocycles. The van der Waals surface area contributed by atoms with Crippen molar-refractivity contribution in [2.45, 2.75) is 59.4 Å². The van der Waals surface area contributed by atoms with Gasteiger partial charge in [0.15, 0.2) is 5.76 Å². The number of benzene rings is 3. The zero-order valence-electron chi connectivity index (χ0n) is 32.6. The number of hydrogen-bond acceptors (Lipinski definition) is 10. The van der Waals surface area contributed by atoms with Gasteiger partial charge in [-0.3, -0.25) is 9.59 Å². The first-order valence-electron chi connectivity index (χ1n) is 18.9. The molecule has 2 atom stereocenters. The Morgan fingerprint density at radius 2 is 1.59 bits per heavy atom. The Morgan fingerprint density at radius 3 is 2.24 bits per heavy atom. The second kappa shape index (κ2) is 18.0. The van der Waals surface area contributed by atoms with Crippen LogP contribution in [0.2, 0.25) is 0 Å². The molecule has 0 saturated carbocycles. The molecule has 3 N–H and O–H groups in total. The summed E-state index contributed by atoms with van der Waals surface area (Å²) >= 11 is 0. The minimum atomic E-state index is -1.38. The monoisotopic (exact) mass is 796 g/mol. The van der Waals surface area contributed by atoms with Crippen molar-refractivity contribution >= 4 is 46.3 Å². The molecule has 1 aliphatic rings. The number of aromatic nitrogens is 2. The predicted molar refractivity (Wildman–Crippen MR) is 212 cm³/mol. The molecule has 15 nitrogen and oxygen atoms in total. The van der Waals surface area contributed by atoms with E-state index >= 15 is 4.39 Å². The summed E-state index contributed by atoms with van der Waals surface area (Å²) in [5, 5.41) is 19.2.